The van der Waals surface area contributed by atoms with E-state index in [0.717, 1.165) is 32.5 Å². The molecule has 1 aliphatic rings. The molecule has 1 saturated heterocycles. The van der Waals surface area contributed by atoms with E-state index in [1.807, 2.05) is 0 Å². The van der Waals surface area contributed by atoms with Gasteiger partial charge in [-0.2, -0.15) is 0 Å². The van der Waals surface area contributed by atoms with Crippen LogP contribution in [0.4, 0.5) is 5.69 Å². The van der Waals surface area contributed by atoms with Crippen LogP contribution in [0.1, 0.15) is 12.0 Å². The van der Waals surface area contributed by atoms with Crippen LogP contribution < -0.4 is 10.6 Å². The predicted molar refractivity (Wildman–Crippen MR) is 66.8 cm³/mol. The molecule has 1 aromatic carbocycles. The Labute approximate surface area is 97.2 Å². The van der Waals surface area contributed by atoms with E-state index >= 15 is 0 Å². The fourth-order valence-corrected chi connectivity index (χ4v) is 2.25. The minimum absolute atomic E-state index is 0.329. The average Bonchev–Trinajstić information content (AvgIpc) is 2.73. The second-order valence-corrected chi connectivity index (χ2v) is 4.37. The molecule has 1 aromatic rings. The smallest absolute Gasteiger partial charge is 0.0503 e. The summed E-state index contributed by atoms with van der Waals surface area (Å²) in [5, 5.41) is 0. The molecule has 88 valence electrons. The van der Waals surface area contributed by atoms with E-state index in [4.69, 9.17) is 10.5 Å². The van der Waals surface area contributed by atoms with E-state index in [9.17, 15) is 0 Å². The minimum atomic E-state index is 0.329. The van der Waals surface area contributed by atoms with Gasteiger partial charge < -0.3 is 15.4 Å². The molecular formula is C13H20N2O. The van der Waals surface area contributed by atoms with Gasteiger partial charge in [-0.05, 0) is 24.5 Å². The van der Waals surface area contributed by atoms with E-state index in [0.29, 0.717) is 6.04 Å². The van der Waals surface area contributed by atoms with Crippen molar-refractivity contribution >= 4 is 5.69 Å². The molecular weight excluding hydrogens is 200 g/mol. The van der Waals surface area contributed by atoms with Gasteiger partial charge in [0.05, 0.1) is 6.61 Å². The summed E-state index contributed by atoms with van der Waals surface area (Å²) in [4.78, 5) is 2.38. The lowest BCUT2D eigenvalue weighted by atomic mass is 10.1. The lowest BCUT2D eigenvalue weighted by Crippen LogP contribution is -2.27. The number of nitrogens with two attached hydrogens (primary N) is 1. The quantitative estimate of drug-likeness (QED) is 0.834. The Morgan fingerprint density at radius 2 is 2.25 bits per heavy atom. The van der Waals surface area contributed by atoms with Gasteiger partial charge in [-0.25, -0.2) is 0 Å². The predicted octanol–water partition coefficient (Wildman–Crippen LogP) is 1.41. The highest BCUT2D eigenvalue weighted by Gasteiger charge is 2.20. The van der Waals surface area contributed by atoms with E-state index in [2.05, 4.69) is 29.2 Å². The lowest BCUT2D eigenvalue weighted by molar-refractivity contribution is 0.202. The second-order valence-electron chi connectivity index (χ2n) is 4.37. The van der Waals surface area contributed by atoms with Gasteiger partial charge in [-0.15, -0.1) is 0 Å². The summed E-state index contributed by atoms with van der Waals surface area (Å²) in [6.45, 7) is 2.83. The first kappa shape index (κ1) is 11.4. The van der Waals surface area contributed by atoms with Gasteiger partial charge in [-0.1, -0.05) is 18.2 Å². The third-order valence-corrected chi connectivity index (χ3v) is 3.13. The fraction of sp³-hybridized carbons (Fsp3) is 0.538. The SMILES string of the molecule is COCCc1ccccc1N1CCC(N)C1. The summed E-state index contributed by atoms with van der Waals surface area (Å²) in [6, 6.07) is 8.87. The molecule has 0 aliphatic carbocycles. The molecule has 3 nitrogen and oxygen atoms in total. The van der Waals surface area contributed by atoms with Crippen molar-refractivity contribution in [2.45, 2.75) is 18.9 Å². The van der Waals surface area contributed by atoms with Crippen molar-refractivity contribution in [2.75, 3.05) is 31.7 Å². The zero-order valence-electron chi connectivity index (χ0n) is 9.86. The largest absolute Gasteiger partial charge is 0.384 e. The maximum atomic E-state index is 5.95. The summed E-state index contributed by atoms with van der Waals surface area (Å²) in [7, 11) is 1.74. The zero-order valence-corrected chi connectivity index (χ0v) is 9.86. The van der Waals surface area contributed by atoms with Crippen molar-refractivity contribution in [1.29, 1.82) is 0 Å². The first-order valence-electron chi connectivity index (χ1n) is 5.88. The normalized spacial score (nSPS) is 20.4. The molecule has 1 aliphatic heterocycles. The van der Waals surface area contributed by atoms with E-state index in [1.165, 1.54) is 11.3 Å². The highest BCUT2D eigenvalue weighted by molar-refractivity contribution is 5.54. The topological polar surface area (TPSA) is 38.5 Å². The monoisotopic (exact) mass is 220 g/mol. The van der Waals surface area contributed by atoms with Crippen LogP contribution in [0.25, 0.3) is 0 Å². The van der Waals surface area contributed by atoms with Crippen molar-refractivity contribution in [2.24, 2.45) is 5.73 Å². The molecule has 2 N–H and O–H groups in total. The van der Waals surface area contributed by atoms with Gasteiger partial charge in [0, 0.05) is 31.9 Å². The van der Waals surface area contributed by atoms with Gasteiger partial charge in [0.25, 0.3) is 0 Å². The van der Waals surface area contributed by atoms with Gasteiger partial charge in [0.1, 0.15) is 0 Å². The van der Waals surface area contributed by atoms with Crippen LogP contribution in [0.2, 0.25) is 0 Å². The summed E-state index contributed by atoms with van der Waals surface area (Å²) in [6.07, 6.45) is 2.07. The van der Waals surface area contributed by atoms with Crippen molar-refractivity contribution in [3.8, 4) is 0 Å². The van der Waals surface area contributed by atoms with Crippen molar-refractivity contribution in [3.63, 3.8) is 0 Å². The number of rotatable bonds is 4. The third-order valence-electron chi connectivity index (χ3n) is 3.13. The van der Waals surface area contributed by atoms with Crippen LogP contribution in [-0.2, 0) is 11.2 Å². The Morgan fingerprint density at radius 1 is 1.44 bits per heavy atom. The van der Waals surface area contributed by atoms with Crippen LogP contribution in [0.3, 0.4) is 0 Å². The molecule has 0 radical (unpaired) electrons. The first-order valence-corrected chi connectivity index (χ1v) is 5.88. The highest BCUT2D eigenvalue weighted by atomic mass is 16.5. The molecule has 1 atom stereocenters. The van der Waals surface area contributed by atoms with Gasteiger partial charge >= 0.3 is 0 Å². The summed E-state index contributed by atoms with van der Waals surface area (Å²) < 4.78 is 5.14. The Balaban J connectivity index is 2.12. The standard InChI is InChI=1S/C13H20N2O/c1-16-9-7-11-4-2-3-5-13(11)15-8-6-12(14)10-15/h2-5,12H,6-10,14H2,1H3. The number of ether oxygens (including phenoxy) is 1. The molecule has 1 fully saturated rings. The number of anilines is 1. The number of para-hydroxylation sites is 1. The van der Waals surface area contributed by atoms with Crippen LogP contribution in [-0.4, -0.2) is 32.8 Å². The molecule has 1 unspecified atom stereocenters. The van der Waals surface area contributed by atoms with Crippen LogP contribution in [0.15, 0.2) is 24.3 Å². The van der Waals surface area contributed by atoms with Crippen molar-refractivity contribution in [3.05, 3.63) is 29.8 Å². The maximum absolute atomic E-state index is 5.95. The average molecular weight is 220 g/mol. The number of benzene rings is 1. The minimum Gasteiger partial charge on any atom is -0.384 e. The zero-order chi connectivity index (χ0) is 11.4. The van der Waals surface area contributed by atoms with Crippen molar-refractivity contribution in [1.82, 2.24) is 0 Å². The Hall–Kier alpha value is -1.06. The molecule has 0 saturated carbocycles. The highest BCUT2D eigenvalue weighted by Crippen LogP contribution is 2.24. The number of methoxy groups -OCH3 is 1. The van der Waals surface area contributed by atoms with Crippen LogP contribution >= 0.6 is 0 Å². The van der Waals surface area contributed by atoms with Crippen LogP contribution in [0.5, 0.6) is 0 Å². The lowest BCUT2D eigenvalue weighted by Gasteiger charge is -2.21. The fourth-order valence-electron chi connectivity index (χ4n) is 2.25. The van der Waals surface area contributed by atoms with Gasteiger partial charge in [0.2, 0.25) is 0 Å². The van der Waals surface area contributed by atoms with Crippen molar-refractivity contribution < 1.29 is 4.74 Å². The molecule has 0 spiro atoms. The number of hydrogen-bond acceptors (Lipinski definition) is 3. The first-order chi connectivity index (χ1) is 7.81. The molecule has 2 rings (SSSR count). The summed E-state index contributed by atoms with van der Waals surface area (Å²) >= 11 is 0. The van der Waals surface area contributed by atoms with E-state index in [-0.39, 0.29) is 0 Å². The molecule has 0 bridgehead atoms. The van der Waals surface area contributed by atoms with Crippen LogP contribution in [0, 0.1) is 0 Å². The Bertz CT molecular complexity index is 340. The molecule has 3 heteroatoms. The Kier molecular flexibility index (Phi) is 3.80. The number of hydrogen-bond donors (Lipinski definition) is 1. The number of nitrogens with zero attached hydrogens (tertiary/aromatic N) is 1. The van der Waals surface area contributed by atoms with E-state index < -0.39 is 0 Å². The second kappa shape index (κ2) is 5.32. The molecule has 16 heavy (non-hydrogen) atoms. The molecule has 0 amide bonds. The van der Waals surface area contributed by atoms with E-state index in [1.54, 1.807) is 7.11 Å². The Morgan fingerprint density at radius 3 is 2.94 bits per heavy atom. The molecule has 1 heterocycles. The third kappa shape index (κ3) is 2.54. The maximum Gasteiger partial charge on any atom is 0.0503 e. The summed E-state index contributed by atoms with van der Waals surface area (Å²) in [5.41, 5.74) is 8.63. The van der Waals surface area contributed by atoms with Gasteiger partial charge in [0.15, 0.2) is 0 Å². The summed E-state index contributed by atoms with van der Waals surface area (Å²) in [5.74, 6) is 0. The van der Waals surface area contributed by atoms with Gasteiger partial charge in [-0.3, -0.25) is 0 Å². The molecule has 0 aromatic heterocycles.